The van der Waals surface area contributed by atoms with Gasteiger partial charge in [-0.15, -0.1) is 6.92 Å². The fourth-order valence-corrected chi connectivity index (χ4v) is 1.41. The van der Waals surface area contributed by atoms with E-state index in [0.29, 0.717) is 25.9 Å². The molecule has 0 aromatic heterocycles. The number of likely N-dealkylation sites (tertiary alicyclic amines) is 1. The SMILES string of the molecule is [B-]C(C)[C@@H](N)C(=O)N1CCC(=O)CC1.[Na+]. The van der Waals surface area contributed by atoms with Gasteiger partial charge in [-0.05, 0) is 0 Å². The topological polar surface area (TPSA) is 63.4 Å². The second-order valence-corrected chi connectivity index (χ2v) is 3.75. The van der Waals surface area contributed by atoms with E-state index in [4.69, 9.17) is 13.6 Å². The standard InChI is InChI=1S/C9H15BN2O2.Na/c1-6(10)8(11)9(14)12-4-2-7(13)3-5-12;/h6,8H,2-5,11H2,1H3;/q-1;+1/t6?,8-;/m1./s1. The molecule has 6 heteroatoms. The van der Waals surface area contributed by atoms with Crippen molar-refractivity contribution in [1.82, 2.24) is 4.90 Å². The van der Waals surface area contributed by atoms with Crippen LogP contribution in [0, 0.1) is 0 Å². The summed E-state index contributed by atoms with van der Waals surface area (Å²) in [5.74, 6) is -0.281. The molecule has 4 nitrogen and oxygen atoms in total. The zero-order valence-electron chi connectivity index (χ0n) is 9.40. The van der Waals surface area contributed by atoms with Gasteiger partial charge in [-0.3, -0.25) is 9.59 Å². The van der Waals surface area contributed by atoms with E-state index in [1.165, 1.54) is 0 Å². The van der Waals surface area contributed by atoms with Crippen LogP contribution >= 0.6 is 0 Å². The van der Waals surface area contributed by atoms with Gasteiger partial charge in [0.25, 0.3) is 0 Å². The number of nitrogens with zero attached hydrogens (tertiary/aromatic N) is 1. The Labute approximate surface area is 114 Å². The molecule has 2 N–H and O–H groups in total. The Morgan fingerprint density at radius 2 is 1.93 bits per heavy atom. The summed E-state index contributed by atoms with van der Waals surface area (Å²) < 4.78 is 0. The maximum absolute atomic E-state index is 11.7. The van der Waals surface area contributed by atoms with E-state index in [-0.39, 0.29) is 47.1 Å². The normalized spacial score (nSPS) is 20.5. The third-order valence-corrected chi connectivity index (χ3v) is 2.48. The van der Waals surface area contributed by atoms with Gasteiger partial charge in [0.15, 0.2) is 0 Å². The van der Waals surface area contributed by atoms with Crippen LogP contribution in [0.2, 0.25) is 5.82 Å². The Hall–Kier alpha value is 0.165. The van der Waals surface area contributed by atoms with Crippen molar-refractivity contribution >= 4 is 19.5 Å². The summed E-state index contributed by atoms with van der Waals surface area (Å²) in [5.41, 5.74) is 5.62. The molecule has 0 aliphatic carbocycles. The van der Waals surface area contributed by atoms with Crippen LogP contribution in [0.5, 0.6) is 0 Å². The van der Waals surface area contributed by atoms with Crippen molar-refractivity contribution in [2.45, 2.75) is 31.6 Å². The minimum Gasteiger partial charge on any atom is -0.619 e. The van der Waals surface area contributed by atoms with E-state index in [2.05, 4.69) is 0 Å². The van der Waals surface area contributed by atoms with E-state index in [9.17, 15) is 9.59 Å². The van der Waals surface area contributed by atoms with E-state index in [1.807, 2.05) is 0 Å². The fourth-order valence-electron chi connectivity index (χ4n) is 1.41. The van der Waals surface area contributed by atoms with Crippen LogP contribution in [0.15, 0.2) is 0 Å². The summed E-state index contributed by atoms with van der Waals surface area (Å²) in [6.45, 7) is 2.67. The predicted molar refractivity (Wildman–Crippen MR) is 54.0 cm³/mol. The molecule has 0 spiro atoms. The molecule has 0 saturated carbocycles. The number of piperidine rings is 1. The number of Topliss-reactive ketones (excluding diaryl/α,β-unsaturated/α-hetero) is 1. The van der Waals surface area contributed by atoms with Crippen LogP contribution in [0.3, 0.4) is 0 Å². The molecule has 15 heavy (non-hydrogen) atoms. The molecule has 0 aromatic rings. The van der Waals surface area contributed by atoms with Crippen LogP contribution < -0.4 is 35.3 Å². The first-order chi connectivity index (χ1) is 6.52. The number of amides is 1. The fraction of sp³-hybridized carbons (Fsp3) is 0.778. The van der Waals surface area contributed by atoms with Crippen molar-refractivity contribution in [3.05, 3.63) is 0 Å². The van der Waals surface area contributed by atoms with Gasteiger partial charge >= 0.3 is 29.6 Å². The monoisotopic (exact) mass is 217 g/mol. The average molecular weight is 217 g/mol. The number of carbonyl (C=O) groups is 2. The molecular formula is C9H15BN2NaO2. The van der Waals surface area contributed by atoms with Gasteiger partial charge in [0.05, 0.1) is 0 Å². The van der Waals surface area contributed by atoms with E-state index >= 15 is 0 Å². The Bertz CT molecular complexity index is 238. The zero-order valence-corrected chi connectivity index (χ0v) is 11.4. The third kappa shape index (κ3) is 4.27. The van der Waals surface area contributed by atoms with Crippen LogP contribution in [0.1, 0.15) is 19.8 Å². The molecule has 0 bridgehead atoms. The number of ketones is 1. The van der Waals surface area contributed by atoms with Crippen LogP contribution in [0.4, 0.5) is 0 Å². The molecule has 77 valence electrons. The molecule has 1 heterocycles. The molecule has 1 unspecified atom stereocenters. The van der Waals surface area contributed by atoms with Gasteiger partial charge in [0.1, 0.15) is 5.78 Å². The molecule has 3 radical (unpaired) electrons. The molecule has 0 aromatic carbocycles. The van der Waals surface area contributed by atoms with Gasteiger partial charge in [0, 0.05) is 32.0 Å². The largest absolute Gasteiger partial charge is 1.00 e. The van der Waals surface area contributed by atoms with Gasteiger partial charge in [0.2, 0.25) is 5.91 Å². The van der Waals surface area contributed by atoms with Crippen LogP contribution in [0.25, 0.3) is 0 Å². The number of carbonyl (C=O) groups excluding carboxylic acids is 2. The molecule has 2 atom stereocenters. The van der Waals surface area contributed by atoms with Crippen molar-refractivity contribution < 1.29 is 39.1 Å². The summed E-state index contributed by atoms with van der Waals surface area (Å²) in [6.07, 6.45) is 0.884. The van der Waals surface area contributed by atoms with Crippen molar-refractivity contribution in [3.8, 4) is 0 Å². The number of nitrogens with two attached hydrogens (primary N) is 1. The van der Waals surface area contributed by atoms with Crippen LogP contribution in [-0.2, 0) is 9.59 Å². The smallest absolute Gasteiger partial charge is 0.619 e. The number of rotatable bonds is 2. The minimum atomic E-state index is -0.650. The number of hydrogen-bond acceptors (Lipinski definition) is 3. The van der Waals surface area contributed by atoms with E-state index in [1.54, 1.807) is 11.8 Å². The quantitative estimate of drug-likeness (QED) is 0.488. The van der Waals surface area contributed by atoms with Crippen molar-refractivity contribution in [2.75, 3.05) is 13.1 Å². The Balaban J connectivity index is 0.00000196. The predicted octanol–water partition coefficient (Wildman–Crippen LogP) is -3.51. The summed E-state index contributed by atoms with van der Waals surface area (Å²) in [7, 11) is 5.53. The maximum Gasteiger partial charge on any atom is 1.00 e. The van der Waals surface area contributed by atoms with E-state index < -0.39 is 6.04 Å². The van der Waals surface area contributed by atoms with Crippen LogP contribution in [-0.4, -0.2) is 43.6 Å². The molecule has 1 amide bonds. The van der Waals surface area contributed by atoms with E-state index in [0.717, 1.165) is 0 Å². The van der Waals surface area contributed by atoms with Crippen molar-refractivity contribution in [2.24, 2.45) is 5.73 Å². The Morgan fingerprint density at radius 3 is 2.33 bits per heavy atom. The molecular weight excluding hydrogens is 202 g/mol. The van der Waals surface area contributed by atoms with Crippen molar-refractivity contribution in [3.63, 3.8) is 0 Å². The zero-order chi connectivity index (χ0) is 10.7. The maximum atomic E-state index is 11.7. The Morgan fingerprint density at radius 1 is 1.47 bits per heavy atom. The molecule has 1 aliphatic heterocycles. The molecule has 1 saturated heterocycles. The molecule has 1 rings (SSSR count). The summed E-state index contributed by atoms with van der Waals surface area (Å²) >= 11 is 0. The van der Waals surface area contributed by atoms with Gasteiger partial charge in [-0.25, -0.2) is 5.82 Å². The average Bonchev–Trinajstić information content (AvgIpc) is 2.16. The second-order valence-electron chi connectivity index (χ2n) is 3.75. The number of hydrogen-bond donors (Lipinski definition) is 1. The first kappa shape index (κ1) is 15.2. The third-order valence-electron chi connectivity index (χ3n) is 2.48. The second kappa shape index (κ2) is 6.68. The first-order valence-electron chi connectivity index (χ1n) is 4.84. The van der Waals surface area contributed by atoms with Gasteiger partial charge in [-0.1, -0.05) is 0 Å². The Kier molecular flexibility index (Phi) is 6.76. The van der Waals surface area contributed by atoms with Gasteiger partial charge < -0.3 is 18.5 Å². The van der Waals surface area contributed by atoms with Gasteiger partial charge in [-0.2, -0.15) is 0 Å². The molecule has 1 aliphatic rings. The molecule has 1 fully saturated rings. The first-order valence-corrected chi connectivity index (χ1v) is 4.84. The minimum absolute atomic E-state index is 0. The summed E-state index contributed by atoms with van der Waals surface area (Å²) in [4.78, 5) is 24.2. The van der Waals surface area contributed by atoms with Crippen molar-refractivity contribution in [1.29, 1.82) is 0 Å². The summed E-state index contributed by atoms with van der Waals surface area (Å²) in [5, 5.41) is 0. The summed E-state index contributed by atoms with van der Waals surface area (Å²) in [6, 6.07) is -0.650.